The van der Waals surface area contributed by atoms with Gasteiger partial charge in [-0.2, -0.15) is 0 Å². The molecule has 2 aromatic rings. The van der Waals surface area contributed by atoms with E-state index >= 15 is 0 Å². The van der Waals surface area contributed by atoms with Crippen LogP contribution in [-0.4, -0.2) is 15.3 Å². The van der Waals surface area contributed by atoms with Crippen LogP contribution in [-0.2, 0) is 15.6 Å². The Morgan fingerprint density at radius 3 is 1.95 bits per heavy atom. The highest BCUT2D eigenvalue weighted by Crippen LogP contribution is 2.41. The number of aliphatic carboxylic acids is 1. The molecule has 0 atom stereocenters. The predicted octanol–water partition coefficient (Wildman–Crippen LogP) is 2.77. The Morgan fingerprint density at radius 2 is 1.47 bits per heavy atom. The van der Waals surface area contributed by atoms with Crippen LogP contribution in [0.1, 0.15) is 23.5 Å². The van der Waals surface area contributed by atoms with E-state index in [9.17, 15) is 9.00 Å². The summed E-state index contributed by atoms with van der Waals surface area (Å²) >= 11 is 0. The summed E-state index contributed by atoms with van der Waals surface area (Å²) in [6, 6.07) is 14.8. The number of hydrogen-bond acceptors (Lipinski definition) is 2. The molecule has 2 aromatic carbocycles. The summed E-state index contributed by atoms with van der Waals surface area (Å²) in [7, 11) is -1.22. The van der Waals surface area contributed by atoms with Crippen molar-refractivity contribution in [2.24, 2.45) is 0 Å². The smallest absolute Gasteiger partial charge is 0.304 e. The van der Waals surface area contributed by atoms with Crippen LogP contribution in [0.2, 0.25) is 0 Å². The summed E-state index contributed by atoms with van der Waals surface area (Å²) in [6.45, 7) is 0. The van der Waals surface area contributed by atoms with Crippen molar-refractivity contribution in [2.45, 2.75) is 22.1 Å². The molecule has 0 fully saturated rings. The van der Waals surface area contributed by atoms with Crippen LogP contribution in [0.3, 0.4) is 0 Å². The molecule has 0 aliphatic carbocycles. The molecule has 1 N–H and O–H groups in total. The van der Waals surface area contributed by atoms with E-state index in [1.807, 2.05) is 48.5 Å². The molecule has 0 saturated heterocycles. The van der Waals surface area contributed by atoms with Gasteiger partial charge in [-0.25, -0.2) is 4.21 Å². The van der Waals surface area contributed by atoms with Crippen molar-refractivity contribution in [1.82, 2.24) is 0 Å². The number of hydrogen-bond donors (Lipinski definition) is 1. The predicted molar refractivity (Wildman–Crippen MR) is 71.7 cm³/mol. The third-order valence-electron chi connectivity index (χ3n) is 3.37. The maximum Gasteiger partial charge on any atom is 0.304 e. The summed E-state index contributed by atoms with van der Waals surface area (Å²) in [4.78, 5) is 12.6. The molecule has 1 heterocycles. The fourth-order valence-electron chi connectivity index (χ4n) is 2.56. The molecule has 0 amide bonds. The molecule has 0 spiro atoms. The molecule has 0 unspecified atom stereocenters. The highest BCUT2D eigenvalue weighted by Gasteiger charge is 2.30. The van der Waals surface area contributed by atoms with Crippen molar-refractivity contribution >= 4 is 16.8 Å². The van der Waals surface area contributed by atoms with Crippen LogP contribution < -0.4 is 0 Å². The Bertz CT molecular complexity index is 629. The fourth-order valence-corrected chi connectivity index (χ4v) is 4.05. The quantitative estimate of drug-likeness (QED) is 0.914. The first kappa shape index (κ1) is 12.1. The third-order valence-corrected chi connectivity index (χ3v) is 4.91. The molecule has 3 nitrogen and oxygen atoms in total. The van der Waals surface area contributed by atoms with Gasteiger partial charge in [-0.3, -0.25) is 4.79 Å². The maximum atomic E-state index is 12.5. The van der Waals surface area contributed by atoms with Gasteiger partial charge in [-0.05, 0) is 23.3 Å². The summed E-state index contributed by atoms with van der Waals surface area (Å²) in [5, 5.41) is 9.11. The minimum absolute atomic E-state index is 0.0191. The van der Waals surface area contributed by atoms with Crippen LogP contribution >= 0.6 is 0 Å². The van der Waals surface area contributed by atoms with E-state index in [1.54, 1.807) is 0 Å². The minimum atomic E-state index is -1.22. The van der Waals surface area contributed by atoms with Gasteiger partial charge in [0.15, 0.2) is 0 Å². The first-order valence-corrected chi connectivity index (χ1v) is 7.15. The zero-order valence-corrected chi connectivity index (χ0v) is 10.9. The summed E-state index contributed by atoms with van der Waals surface area (Å²) in [6.07, 6.45) is 0.0191. The number of benzene rings is 2. The molecule has 0 aromatic heterocycles. The second-order valence-electron chi connectivity index (χ2n) is 4.49. The SMILES string of the molecule is O=C(O)CC1c2ccccc2S(=O)c2ccccc21. The Balaban J connectivity index is 2.23. The topological polar surface area (TPSA) is 54.4 Å². The zero-order valence-electron chi connectivity index (χ0n) is 10.1. The molecule has 4 heteroatoms. The van der Waals surface area contributed by atoms with E-state index < -0.39 is 16.8 Å². The Hall–Kier alpha value is -1.94. The lowest BCUT2D eigenvalue weighted by Gasteiger charge is -2.26. The minimum Gasteiger partial charge on any atom is -0.481 e. The molecular weight excluding hydrogens is 260 g/mol. The summed E-state index contributed by atoms with van der Waals surface area (Å²) < 4.78 is 12.5. The molecule has 1 aliphatic rings. The molecule has 0 saturated carbocycles. The molecular formula is C15H12O3S. The van der Waals surface area contributed by atoms with Crippen LogP contribution in [0.5, 0.6) is 0 Å². The van der Waals surface area contributed by atoms with E-state index in [0.717, 1.165) is 20.9 Å². The van der Waals surface area contributed by atoms with Gasteiger partial charge in [0.25, 0.3) is 0 Å². The zero-order chi connectivity index (χ0) is 13.4. The van der Waals surface area contributed by atoms with E-state index in [4.69, 9.17) is 5.11 Å². The van der Waals surface area contributed by atoms with Crippen LogP contribution in [0.15, 0.2) is 58.3 Å². The lowest BCUT2D eigenvalue weighted by Crippen LogP contribution is -2.17. The normalized spacial score (nSPS) is 20.4. The highest BCUT2D eigenvalue weighted by molar-refractivity contribution is 7.85. The van der Waals surface area contributed by atoms with Gasteiger partial charge in [-0.1, -0.05) is 36.4 Å². The Labute approximate surface area is 113 Å². The third kappa shape index (κ3) is 1.98. The Morgan fingerprint density at radius 1 is 1.00 bits per heavy atom. The largest absolute Gasteiger partial charge is 0.481 e. The average molecular weight is 272 g/mol. The first-order chi connectivity index (χ1) is 9.18. The van der Waals surface area contributed by atoms with Gasteiger partial charge in [0.05, 0.1) is 17.2 Å². The molecule has 3 rings (SSSR count). The van der Waals surface area contributed by atoms with Crippen molar-refractivity contribution in [2.75, 3.05) is 0 Å². The maximum absolute atomic E-state index is 12.5. The van der Waals surface area contributed by atoms with Crippen LogP contribution in [0, 0.1) is 0 Å². The van der Waals surface area contributed by atoms with Gasteiger partial charge in [0.2, 0.25) is 0 Å². The van der Waals surface area contributed by atoms with Crippen molar-refractivity contribution < 1.29 is 14.1 Å². The average Bonchev–Trinajstić information content (AvgIpc) is 2.43. The van der Waals surface area contributed by atoms with Crippen molar-refractivity contribution in [1.29, 1.82) is 0 Å². The van der Waals surface area contributed by atoms with Gasteiger partial charge in [0, 0.05) is 15.7 Å². The lowest BCUT2D eigenvalue weighted by atomic mass is 9.88. The number of carbonyl (C=O) groups is 1. The highest BCUT2D eigenvalue weighted by atomic mass is 32.2. The van der Waals surface area contributed by atoms with E-state index in [-0.39, 0.29) is 12.3 Å². The first-order valence-electron chi connectivity index (χ1n) is 6.00. The molecule has 1 aliphatic heterocycles. The van der Waals surface area contributed by atoms with Crippen molar-refractivity contribution in [3.63, 3.8) is 0 Å². The molecule has 0 radical (unpaired) electrons. The second kappa shape index (κ2) is 4.63. The van der Waals surface area contributed by atoms with Crippen molar-refractivity contribution in [3.05, 3.63) is 59.7 Å². The van der Waals surface area contributed by atoms with Gasteiger partial charge >= 0.3 is 5.97 Å². The number of rotatable bonds is 2. The molecule has 96 valence electrons. The summed E-state index contributed by atoms with van der Waals surface area (Å²) in [5.74, 6) is -1.06. The second-order valence-corrected chi connectivity index (χ2v) is 5.91. The number of carboxylic acid groups (broad SMARTS) is 1. The van der Waals surface area contributed by atoms with Crippen LogP contribution in [0.4, 0.5) is 0 Å². The van der Waals surface area contributed by atoms with E-state index in [1.165, 1.54) is 0 Å². The van der Waals surface area contributed by atoms with E-state index in [0.29, 0.717) is 0 Å². The summed E-state index contributed by atoms with van der Waals surface area (Å²) in [5.41, 5.74) is 1.73. The van der Waals surface area contributed by atoms with Crippen molar-refractivity contribution in [3.8, 4) is 0 Å². The monoisotopic (exact) mass is 272 g/mol. The fraction of sp³-hybridized carbons (Fsp3) is 0.133. The standard InChI is InChI=1S/C15H12O3S/c16-15(17)9-12-10-5-1-3-7-13(10)19(18)14-8-4-2-6-11(12)14/h1-8,12H,9H2,(H,16,17). The lowest BCUT2D eigenvalue weighted by molar-refractivity contribution is -0.137. The van der Waals surface area contributed by atoms with Crippen LogP contribution in [0.25, 0.3) is 0 Å². The molecule has 0 bridgehead atoms. The van der Waals surface area contributed by atoms with E-state index in [2.05, 4.69) is 0 Å². The van der Waals surface area contributed by atoms with Gasteiger partial charge in [0.1, 0.15) is 0 Å². The number of fused-ring (bicyclic) bond motifs is 2. The molecule has 19 heavy (non-hydrogen) atoms. The van der Waals surface area contributed by atoms with Gasteiger partial charge in [-0.15, -0.1) is 0 Å². The Kier molecular flexibility index (Phi) is 2.95. The van der Waals surface area contributed by atoms with Gasteiger partial charge < -0.3 is 5.11 Å². The number of carboxylic acids is 1.